The molecule has 1 amide bonds. The van der Waals surface area contributed by atoms with E-state index in [0.717, 1.165) is 22.9 Å². The van der Waals surface area contributed by atoms with Gasteiger partial charge in [-0.2, -0.15) is 0 Å². The van der Waals surface area contributed by atoms with E-state index < -0.39 is 23.5 Å². The van der Waals surface area contributed by atoms with Crippen molar-refractivity contribution in [3.8, 4) is 11.1 Å². The predicted molar refractivity (Wildman–Crippen MR) is 104 cm³/mol. The van der Waals surface area contributed by atoms with Crippen LogP contribution in [-0.4, -0.2) is 45.9 Å². The van der Waals surface area contributed by atoms with Crippen molar-refractivity contribution < 1.29 is 24.0 Å². The van der Waals surface area contributed by atoms with Gasteiger partial charge in [0.05, 0.1) is 23.1 Å². The highest BCUT2D eigenvalue weighted by atomic mass is 16.6. The number of amides is 1. The van der Waals surface area contributed by atoms with Gasteiger partial charge in [0, 0.05) is 17.7 Å². The molecule has 0 radical (unpaired) electrons. The number of rotatable bonds is 7. The molecule has 154 valence electrons. The van der Waals surface area contributed by atoms with E-state index in [1.807, 2.05) is 13.0 Å². The first-order chi connectivity index (χ1) is 13.8. The second-order valence-corrected chi connectivity index (χ2v) is 6.93. The van der Waals surface area contributed by atoms with E-state index in [9.17, 15) is 19.7 Å². The lowest BCUT2D eigenvalue weighted by atomic mass is 10.1. The topological polar surface area (TPSA) is 138 Å². The van der Waals surface area contributed by atoms with Gasteiger partial charge in [-0.1, -0.05) is 0 Å². The molecule has 1 saturated heterocycles. The van der Waals surface area contributed by atoms with Crippen LogP contribution in [0.1, 0.15) is 24.8 Å². The van der Waals surface area contributed by atoms with Crippen LogP contribution in [-0.2, 0) is 9.59 Å². The van der Waals surface area contributed by atoms with Crippen molar-refractivity contribution in [2.45, 2.75) is 32.2 Å². The van der Waals surface area contributed by atoms with Crippen molar-refractivity contribution in [3.63, 3.8) is 0 Å². The zero-order valence-corrected chi connectivity index (χ0v) is 15.9. The van der Waals surface area contributed by atoms with Gasteiger partial charge in [0.2, 0.25) is 5.91 Å². The van der Waals surface area contributed by atoms with E-state index in [2.05, 4.69) is 10.6 Å². The lowest BCUT2D eigenvalue weighted by Gasteiger charge is -2.24. The van der Waals surface area contributed by atoms with Gasteiger partial charge in [0.1, 0.15) is 12.6 Å². The average molecular weight is 402 g/mol. The summed E-state index contributed by atoms with van der Waals surface area (Å²) in [5.74, 6) is -1.42. The van der Waals surface area contributed by atoms with Gasteiger partial charge >= 0.3 is 5.97 Å². The maximum absolute atomic E-state index is 12.7. The fourth-order valence-corrected chi connectivity index (χ4v) is 3.50. The average Bonchev–Trinajstić information content (AvgIpc) is 2.87. The molecule has 0 aromatic carbocycles. The first kappa shape index (κ1) is 20.2. The summed E-state index contributed by atoms with van der Waals surface area (Å²) in [5.41, 5.74) is 3.19. The molecule has 0 saturated carbocycles. The number of hydrogen-bond acceptors (Lipinski definition) is 7. The minimum absolute atomic E-state index is 0.0573. The molecule has 0 aromatic rings. The van der Waals surface area contributed by atoms with Crippen LogP contribution in [0, 0.1) is 17.0 Å². The number of nitrogens with one attached hydrogen (secondary N) is 2. The summed E-state index contributed by atoms with van der Waals surface area (Å²) in [6, 6.07) is 2.88. The third-order valence-electron chi connectivity index (χ3n) is 4.79. The Balaban J connectivity index is 1.84. The lowest BCUT2D eigenvalue weighted by molar-refractivity contribution is -0.403. The van der Waals surface area contributed by atoms with Gasteiger partial charge in [-0.15, -0.1) is 0 Å². The van der Waals surface area contributed by atoms with Crippen molar-refractivity contribution in [1.29, 1.82) is 0 Å². The number of fused-ring (bicyclic) bond motifs is 1. The first-order valence-electron chi connectivity index (χ1n) is 9.20. The third-order valence-corrected chi connectivity index (χ3v) is 4.79. The zero-order valence-electron chi connectivity index (χ0n) is 15.9. The third kappa shape index (κ3) is 4.84. The number of nitrogens with zero attached hydrogens (tertiary/aromatic N) is 2. The van der Waals surface area contributed by atoms with E-state index in [-0.39, 0.29) is 11.7 Å². The van der Waals surface area contributed by atoms with E-state index in [1.54, 1.807) is 12.3 Å². The molecule has 0 aromatic heterocycles. The Hall–Kier alpha value is -3.56. The van der Waals surface area contributed by atoms with Gasteiger partial charge < -0.3 is 25.1 Å². The number of carbonyl (C=O) groups is 2. The molecular weight excluding hydrogens is 380 g/mol. The molecule has 1 atom stereocenters. The maximum Gasteiger partial charge on any atom is 0.323 e. The van der Waals surface area contributed by atoms with Crippen molar-refractivity contribution in [2.75, 3.05) is 18.4 Å². The number of carboxylic acid groups (broad SMARTS) is 1. The summed E-state index contributed by atoms with van der Waals surface area (Å²) in [5, 5.41) is 26.1. The van der Waals surface area contributed by atoms with Gasteiger partial charge in [-0.25, -0.2) is 0 Å². The summed E-state index contributed by atoms with van der Waals surface area (Å²) in [4.78, 5) is 35.6. The molecule has 3 rings (SSSR count). The number of nitro groups is 1. The second kappa shape index (κ2) is 8.63. The number of carbonyl (C=O) groups excluding carboxylic acids is 1. The van der Waals surface area contributed by atoms with Crippen LogP contribution in [0.25, 0.3) is 11.1 Å². The Bertz CT molecular complexity index is 921. The molecule has 0 unspecified atom stereocenters. The number of aryl methyl sites for hydroxylation is 1. The molecule has 3 N–H and O–H groups in total. The molecule has 3 aliphatic rings. The number of carboxylic acids is 1. The number of aliphatic carboxylic acids is 1. The van der Waals surface area contributed by atoms with Crippen molar-refractivity contribution in [1.82, 2.24) is 10.2 Å². The van der Waals surface area contributed by atoms with Gasteiger partial charge in [0.15, 0.2) is 5.82 Å². The number of likely N-dealkylation sites (tertiary alicyclic amines) is 1. The fraction of sp³-hybridized carbons (Fsp3) is 0.368. The van der Waals surface area contributed by atoms with Crippen LogP contribution < -0.4 is 10.6 Å². The van der Waals surface area contributed by atoms with Gasteiger partial charge in [-0.3, -0.25) is 19.7 Å². The first-order valence-corrected chi connectivity index (χ1v) is 9.20. The molecule has 2 heterocycles. The minimum Gasteiger partial charge on any atom is -0.480 e. The van der Waals surface area contributed by atoms with Crippen molar-refractivity contribution >= 4 is 17.6 Å². The molecule has 10 heteroatoms. The monoisotopic (exact) mass is 402 g/mol. The highest BCUT2D eigenvalue weighted by Gasteiger charge is 2.29. The quantitative estimate of drug-likeness (QED) is 0.473. The largest absolute Gasteiger partial charge is 0.480 e. The standard InChI is InChI=1S/C19H22N4O6/c1-12-8-13-11-29-7-5-14(13)18(12)21-16(9-23(27)28)20-15-4-2-3-6-22(19(15)26)10-17(24)25/h5,7-9,11,15,20-21H,2-4,6,10H2,1H3,(H,24,25)/t15-/m0/s1. The Morgan fingerprint density at radius 2 is 2.28 bits per heavy atom. The summed E-state index contributed by atoms with van der Waals surface area (Å²) in [6.45, 7) is 1.81. The smallest absolute Gasteiger partial charge is 0.323 e. The van der Waals surface area contributed by atoms with Crippen molar-refractivity contribution in [3.05, 3.63) is 52.4 Å². The summed E-state index contributed by atoms with van der Waals surface area (Å²) in [7, 11) is 0. The van der Waals surface area contributed by atoms with Crippen LogP contribution in [0.2, 0.25) is 0 Å². The minimum atomic E-state index is -1.09. The van der Waals surface area contributed by atoms with Crippen LogP contribution in [0.4, 0.5) is 5.69 Å². The Labute approximate surface area is 166 Å². The van der Waals surface area contributed by atoms with Crippen molar-refractivity contribution in [2.24, 2.45) is 0 Å². The molecule has 1 aliphatic carbocycles. The van der Waals surface area contributed by atoms with Gasteiger partial charge in [-0.05, 0) is 43.9 Å². The van der Waals surface area contributed by atoms with Crippen LogP contribution in [0.3, 0.4) is 0 Å². The molecule has 10 nitrogen and oxygen atoms in total. The molecule has 29 heavy (non-hydrogen) atoms. The lowest BCUT2D eigenvalue weighted by Crippen LogP contribution is -2.47. The summed E-state index contributed by atoms with van der Waals surface area (Å²) < 4.78 is 5.16. The Morgan fingerprint density at radius 3 is 3.00 bits per heavy atom. The fourth-order valence-electron chi connectivity index (χ4n) is 3.50. The predicted octanol–water partition coefficient (Wildman–Crippen LogP) is 2.24. The Morgan fingerprint density at radius 1 is 1.48 bits per heavy atom. The van der Waals surface area contributed by atoms with Crippen LogP contribution in [0.15, 0.2) is 41.1 Å². The van der Waals surface area contributed by atoms with E-state index in [1.165, 1.54) is 11.2 Å². The van der Waals surface area contributed by atoms with Gasteiger partial charge in [0.25, 0.3) is 6.20 Å². The van der Waals surface area contributed by atoms with E-state index >= 15 is 0 Å². The molecule has 0 bridgehead atoms. The zero-order chi connectivity index (χ0) is 21.0. The van der Waals surface area contributed by atoms with Crippen LogP contribution >= 0.6 is 0 Å². The highest BCUT2D eigenvalue weighted by molar-refractivity contribution is 5.87. The Kier molecular flexibility index (Phi) is 6.01. The molecular formula is C19H22N4O6. The molecule has 2 aliphatic heterocycles. The van der Waals surface area contributed by atoms with E-state index in [0.29, 0.717) is 31.5 Å². The van der Waals surface area contributed by atoms with Crippen LogP contribution in [0.5, 0.6) is 0 Å². The number of hydrogen-bond donors (Lipinski definition) is 3. The second-order valence-electron chi connectivity index (χ2n) is 6.93. The maximum atomic E-state index is 12.7. The number of anilines is 1. The SMILES string of the molecule is Cc1cc2coccc-2c1NC(=C[N+](=O)[O-])N[C@H]1CCCCN(CC(=O)O)C1=O. The highest BCUT2D eigenvalue weighted by Crippen LogP contribution is 2.36. The van der Waals surface area contributed by atoms with E-state index in [4.69, 9.17) is 9.52 Å². The normalized spacial score (nSPS) is 17.8. The summed E-state index contributed by atoms with van der Waals surface area (Å²) >= 11 is 0. The molecule has 1 fully saturated rings. The molecule has 0 spiro atoms. The summed E-state index contributed by atoms with van der Waals surface area (Å²) in [6.07, 6.45) is 5.68.